The lowest BCUT2D eigenvalue weighted by Crippen LogP contribution is -2.51. The fraction of sp³-hybridized carbons (Fsp3) is 1.00. The van der Waals surface area contributed by atoms with Crippen molar-refractivity contribution in [3.8, 4) is 0 Å². The second-order valence-electron chi connectivity index (χ2n) is 6.90. The first-order valence-electron chi connectivity index (χ1n) is 8.34. The average Bonchev–Trinajstić information content (AvgIpc) is 2.80. The maximum absolute atomic E-state index is 4.01. The van der Waals surface area contributed by atoms with Crippen molar-refractivity contribution in [3.63, 3.8) is 0 Å². The van der Waals surface area contributed by atoms with Crippen LogP contribution in [0.25, 0.3) is 0 Å². The van der Waals surface area contributed by atoms with E-state index in [1.807, 2.05) is 0 Å². The number of nitrogens with one attached hydrogen (secondary N) is 2. The van der Waals surface area contributed by atoms with Gasteiger partial charge in [0.05, 0.1) is 0 Å². The van der Waals surface area contributed by atoms with Gasteiger partial charge in [-0.05, 0) is 63.8 Å². The van der Waals surface area contributed by atoms with Crippen LogP contribution < -0.4 is 10.6 Å². The van der Waals surface area contributed by atoms with Gasteiger partial charge in [-0.2, -0.15) is 0 Å². The van der Waals surface area contributed by atoms with Gasteiger partial charge < -0.3 is 10.6 Å². The molecule has 104 valence electrons. The fourth-order valence-corrected chi connectivity index (χ4v) is 4.34. The second-order valence-corrected chi connectivity index (χ2v) is 6.90. The molecule has 3 fully saturated rings. The van der Waals surface area contributed by atoms with Crippen LogP contribution in [0.3, 0.4) is 0 Å². The molecule has 18 heavy (non-hydrogen) atoms. The first-order valence-corrected chi connectivity index (χ1v) is 8.34. The van der Waals surface area contributed by atoms with Crippen LogP contribution in [0.4, 0.5) is 0 Å². The lowest BCUT2D eigenvalue weighted by Gasteiger charge is -2.41. The van der Waals surface area contributed by atoms with Crippen LogP contribution in [0.1, 0.15) is 64.7 Å². The predicted molar refractivity (Wildman–Crippen MR) is 76.7 cm³/mol. The van der Waals surface area contributed by atoms with Gasteiger partial charge in [-0.3, -0.25) is 0 Å². The highest BCUT2D eigenvalue weighted by molar-refractivity contribution is 4.93. The molecule has 0 aromatic heterocycles. The van der Waals surface area contributed by atoms with Gasteiger partial charge in [-0.15, -0.1) is 0 Å². The van der Waals surface area contributed by atoms with Crippen LogP contribution in [0.5, 0.6) is 0 Å². The van der Waals surface area contributed by atoms with Crippen LogP contribution in [0.15, 0.2) is 0 Å². The van der Waals surface area contributed by atoms with E-state index in [2.05, 4.69) is 17.6 Å². The van der Waals surface area contributed by atoms with Gasteiger partial charge >= 0.3 is 0 Å². The summed E-state index contributed by atoms with van der Waals surface area (Å²) in [5.74, 6) is 1.88. The van der Waals surface area contributed by atoms with E-state index in [1.165, 1.54) is 64.3 Å². The summed E-state index contributed by atoms with van der Waals surface area (Å²) in [6.07, 6.45) is 13.0. The van der Waals surface area contributed by atoms with Gasteiger partial charge in [0.2, 0.25) is 0 Å². The van der Waals surface area contributed by atoms with E-state index in [1.54, 1.807) is 0 Å². The van der Waals surface area contributed by atoms with Crippen LogP contribution in [-0.4, -0.2) is 24.7 Å². The van der Waals surface area contributed by atoms with E-state index in [0.29, 0.717) is 0 Å². The predicted octanol–water partition coefficient (Wildman–Crippen LogP) is 3.08. The molecule has 2 aliphatic carbocycles. The maximum atomic E-state index is 4.01. The SMILES string of the molecule is CC(NC1CCCCC1C1CCCN1)C1CCC1. The lowest BCUT2D eigenvalue weighted by atomic mass is 9.76. The normalized spacial score (nSPS) is 39.5. The topological polar surface area (TPSA) is 24.1 Å². The summed E-state index contributed by atoms with van der Waals surface area (Å²) in [4.78, 5) is 0. The van der Waals surface area contributed by atoms with Crippen LogP contribution >= 0.6 is 0 Å². The molecule has 0 aromatic rings. The molecule has 1 aliphatic heterocycles. The van der Waals surface area contributed by atoms with E-state index < -0.39 is 0 Å². The Hall–Kier alpha value is -0.0800. The van der Waals surface area contributed by atoms with E-state index in [0.717, 1.165) is 30.0 Å². The Kier molecular flexibility index (Phi) is 4.25. The molecule has 3 rings (SSSR count). The molecule has 3 aliphatic rings. The van der Waals surface area contributed by atoms with Crippen molar-refractivity contribution in [1.82, 2.24) is 10.6 Å². The second kappa shape index (κ2) is 5.92. The van der Waals surface area contributed by atoms with Gasteiger partial charge in [-0.1, -0.05) is 19.3 Å². The minimum Gasteiger partial charge on any atom is -0.314 e. The highest BCUT2D eigenvalue weighted by atomic mass is 15.0. The third-order valence-corrected chi connectivity index (χ3v) is 5.77. The monoisotopic (exact) mass is 250 g/mol. The van der Waals surface area contributed by atoms with Crippen molar-refractivity contribution in [2.45, 2.75) is 82.8 Å². The van der Waals surface area contributed by atoms with Crippen molar-refractivity contribution in [1.29, 1.82) is 0 Å². The van der Waals surface area contributed by atoms with Gasteiger partial charge in [-0.25, -0.2) is 0 Å². The summed E-state index contributed by atoms with van der Waals surface area (Å²) in [5.41, 5.74) is 0. The molecule has 0 bridgehead atoms. The summed E-state index contributed by atoms with van der Waals surface area (Å²) in [5, 5.41) is 7.75. The Balaban J connectivity index is 1.56. The molecular weight excluding hydrogens is 220 g/mol. The Morgan fingerprint density at radius 2 is 1.78 bits per heavy atom. The molecule has 4 atom stereocenters. The average molecular weight is 250 g/mol. The van der Waals surface area contributed by atoms with Crippen molar-refractivity contribution in [2.24, 2.45) is 11.8 Å². The van der Waals surface area contributed by atoms with E-state index >= 15 is 0 Å². The van der Waals surface area contributed by atoms with Gasteiger partial charge in [0.25, 0.3) is 0 Å². The molecule has 2 nitrogen and oxygen atoms in total. The van der Waals surface area contributed by atoms with E-state index in [-0.39, 0.29) is 0 Å². The molecule has 2 saturated carbocycles. The zero-order valence-corrected chi connectivity index (χ0v) is 12.0. The summed E-state index contributed by atoms with van der Waals surface area (Å²) in [6, 6.07) is 2.37. The van der Waals surface area contributed by atoms with Crippen molar-refractivity contribution in [2.75, 3.05) is 6.54 Å². The van der Waals surface area contributed by atoms with E-state index in [4.69, 9.17) is 0 Å². The van der Waals surface area contributed by atoms with E-state index in [9.17, 15) is 0 Å². The fourth-order valence-electron chi connectivity index (χ4n) is 4.34. The number of rotatable bonds is 4. The molecule has 2 heteroatoms. The first kappa shape index (κ1) is 12.9. The zero-order valence-electron chi connectivity index (χ0n) is 12.0. The Bertz CT molecular complexity index is 256. The molecule has 1 heterocycles. The quantitative estimate of drug-likeness (QED) is 0.801. The van der Waals surface area contributed by atoms with Gasteiger partial charge in [0.15, 0.2) is 0 Å². The minimum atomic E-state index is 0.755. The van der Waals surface area contributed by atoms with Crippen LogP contribution in [0.2, 0.25) is 0 Å². The van der Waals surface area contributed by atoms with Crippen molar-refractivity contribution < 1.29 is 0 Å². The third kappa shape index (κ3) is 2.75. The first-order chi connectivity index (χ1) is 8.84. The van der Waals surface area contributed by atoms with Gasteiger partial charge in [0, 0.05) is 18.1 Å². The summed E-state index contributed by atoms with van der Waals surface area (Å²) in [6.45, 7) is 3.68. The number of hydrogen-bond donors (Lipinski definition) is 2. The maximum Gasteiger partial charge on any atom is 0.0113 e. The molecular formula is C16H30N2. The lowest BCUT2D eigenvalue weighted by molar-refractivity contribution is 0.161. The number of hydrogen-bond acceptors (Lipinski definition) is 2. The Morgan fingerprint density at radius 1 is 0.944 bits per heavy atom. The molecule has 0 radical (unpaired) electrons. The smallest absolute Gasteiger partial charge is 0.0113 e. The largest absolute Gasteiger partial charge is 0.314 e. The van der Waals surface area contributed by atoms with Crippen molar-refractivity contribution in [3.05, 3.63) is 0 Å². The zero-order chi connectivity index (χ0) is 12.4. The summed E-state index contributed by atoms with van der Waals surface area (Å²) in [7, 11) is 0. The third-order valence-electron chi connectivity index (χ3n) is 5.77. The molecule has 0 amide bonds. The highest BCUT2D eigenvalue weighted by Gasteiger charge is 2.35. The minimum absolute atomic E-state index is 0.755. The van der Waals surface area contributed by atoms with Crippen LogP contribution in [-0.2, 0) is 0 Å². The molecule has 1 saturated heterocycles. The molecule has 0 spiro atoms. The molecule has 0 aromatic carbocycles. The van der Waals surface area contributed by atoms with Gasteiger partial charge in [0.1, 0.15) is 0 Å². The highest BCUT2D eigenvalue weighted by Crippen LogP contribution is 2.34. The molecule has 4 unspecified atom stereocenters. The standard InChI is InChI=1S/C16H30N2/c1-12(13-6-4-7-13)18-16-9-3-2-8-14(16)15-10-5-11-17-15/h12-18H,2-11H2,1H3. The Morgan fingerprint density at radius 3 is 2.44 bits per heavy atom. The van der Waals surface area contributed by atoms with Crippen LogP contribution in [0, 0.1) is 11.8 Å². The van der Waals surface area contributed by atoms with Crippen molar-refractivity contribution >= 4 is 0 Å². The molecule has 2 N–H and O–H groups in total. The Labute approximate surface area is 112 Å². The summed E-state index contributed by atoms with van der Waals surface area (Å²) >= 11 is 0. The summed E-state index contributed by atoms with van der Waals surface area (Å²) < 4.78 is 0.